The van der Waals surface area contributed by atoms with Crippen LogP contribution in [-0.2, 0) is 5.75 Å². The van der Waals surface area contributed by atoms with Gasteiger partial charge in [-0.05, 0) is 17.7 Å². The smallest absolute Gasteiger partial charge is 0.268 e. The van der Waals surface area contributed by atoms with Crippen molar-refractivity contribution in [1.29, 1.82) is 0 Å². The number of nitrogens with zero attached hydrogens (tertiary/aromatic N) is 4. The Kier molecular flexibility index (Phi) is 4.43. The van der Waals surface area contributed by atoms with E-state index in [9.17, 15) is 14.9 Å². The summed E-state index contributed by atoms with van der Waals surface area (Å²) in [7, 11) is 0. The molecule has 2 aromatic heterocycles. The van der Waals surface area contributed by atoms with Crippen LogP contribution in [0.5, 0.6) is 0 Å². The van der Waals surface area contributed by atoms with E-state index in [2.05, 4.69) is 15.2 Å². The zero-order valence-corrected chi connectivity index (χ0v) is 14.7. The van der Waals surface area contributed by atoms with Gasteiger partial charge in [0.2, 0.25) is 0 Å². The number of hydrogen-bond donors (Lipinski definition) is 1. The molecule has 27 heavy (non-hydrogen) atoms. The Labute approximate surface area is 157 Å². The van der Waals surface area contributed by atoms with Gasteiger partial charge in [0.1, 0.15) is 5.39 Å². The van der Waals surface area contributed by atoms with Gasteiger partial charge >= 0.3 is 0 Å². The molecule has 9 heteroatoms. The predicted octanol–water partition coefficient (Wildman–Crippen LogP) is 3.31. The van der Waals surface area contributed by atoms with E-state index >= 15 is 0 Å². The Bertz CT molecular complexity index is 1190. The number of nitro groups is 1. The molecule has 1 N–H and O–H groups in total. The molecule has 0 aliphatic rings. The molecule has 0 amide bonds. The Morgan fingerprint density at radius 2 is 1.96 bits per heavy atom. The number of rotatable bonds is 5. The number of hydrogen-bond acceptors (Lipinski definition) is 6. The summed E-state index contributed by atoms with van der Waals surface area (Å²) in [4.78, 5) is 28.0. The fraction of sp³-hybridized carbons (Fsp3) is 0.0556. The van der Waals surface area contributed by atoms with Gasteiger partial charge in [0, 0.05) is 17.9 Å². The van der Waals surface area contributed by atoms with Crippen LogP contribution in [-0.4, -0.2) is 24.7 Å². The molecule has 4 rings (SSSR count). The van der Waals surface area contributed by atoms with Gasteiger partial charge in [0.15, 0.2) is 10.8 Å². The number of non-ortho nitro benzene ring substituents is 1. The predicted molar refractivity (Wildman–Crippen MR) is 102 cm³/mol. The topological polar surface area (TPSA) is 107 Å². The van der Waals surface area contributed by atoms with Gasteiger partial charge in [-0.2, -0.15) is 5.10 Å². The third-order valence-corrected chi connectivity index (χ3v) is 4.96. The van der Waals surface area contributed by atoms with E-state index in [1.807, 2.05) is 30.3 Å². The summed E-state index contributed by atoms with van der Waals surface area (Å²) in [5.41, 5.74) is 1.69. The molecule has 0 bridgehead atoms. The summed E-state index contributed by atoms with van der Waals surface area (Å²) < 4.78 is 1.53. The number of benzene rings is 2. The van der Waals surface area contributed by atoms with Gasteiger partial charge in [0.05, 0.1) is 16.8 Å². The first-order chi connectivity index (χ1) is 13.1. The zero-order chi connectivity index (χ0) is 18.8. The van der Waals surface area contributed by atoms with Crippen molar-refractivity contribution in [2.75, 3.05) is 0 Å². The summed E-state index contributed by atoms with van der Waals surface area (Å²) in [6, 6.07) is 15.6. The summed E-state index contributed by atoms with van der Waals surface area (Å²) in [6.45, 7) is 0. The molecule has 134 valence electrons. The van der Waals surface area contributed by atoms with Crippen LogP contribution in [0.3, 0.4) is 0 Å². The maximum Gasteiger partial charge on any atom is 0.269 e. The van der Waals surface area contributed by atoms with Crippen molar-refractivity contribution in [3.05, 3.63) is 86.8 Å². The second-order valence-corrected chi connectivity index (χ2v) is 6.66. The number of thioether (sulfide) groups is 1. The lowest BCUT2D eigenvalue weighted by Gasteiger charge is -2.11. The lowest BCUT2D eigenvalue weighted by Crippen LogP contribution is -2.21. The molecule has 8 nitrogen and oxygen atoms in total. The number of nitro benzene ring substituents is 1. The van der Waals surface area contributed by atoms with Crippen molar-refractivity contribution in [3.8, 4) is 5.69 Å². The number of nitrogens with one attached hydrogen (secondary N) is 1. The second-order valence-electron chi connectivity index (χ2n) is 5.72. The number of fused-ring (bicyclic) bond motifs is 1. The van der Waals surface area contributed by atoms with Crippen LogP contribution in [0.25, 0.3) is 16.7 Å². The molecule has 0 saturated carbocycles. The minimum absolute atomic E-state index is 0.0329. The number of para-hydroxylation sites is 1. The van der Waals surface area contributed by atoms with E-state index in [1.165, 1.54) is 34.7 Å². The van der Waals surface area contributed by atoms with Gasteiger partial charge in [-0.25, -0.2) is 4.98 Å². The molecule has 0 fully saturated rings. The van der Waals surface area contributed by atoms with Gasteiger partial charge in [-0.15, -0.1) is 0 Å². The van der Waals surface area contributed by atoms with Crippen LogP contribution in [0.2, 0.25) is 0 Å². The first-order valence-electron chi connectivity index (χ1n) is 8.01. The Morgan fingerprint density at radius 3 is 2.74 bits per heavy atom. The maximum absolute atomic E-state index is 12.9. The van der Waals surface area contributed by atoms with E-state index in [0.717, 1.165) is 5.56 Å². The van der Waals surface area contributed by atoms with E-state index in [-0.39, 0.29) is 11.2 Å². The normalized spacial score (nSPS) is 11.0. The summed E-state index contributed by atoms with van der Waals surface area (Å²) >= 11 is 1.33. The molecule has 0 aliphatic heterocycles. The van der Waals surface area contributed by atoms with Crippen LogP contribution in [0.4, 0.5) is 5.69 Å². The fourth-order valence-electron chi connectivity index (χ4n) is 2.68. The molecule has 0 saturated heterocycles. The number of aromatic nitrogens is 4. The summed E-state index contributed by atoms with van der Waals surface area (Å²) in [5.74, 6) is 0.431. The molecule has 0 radical (unpaired) electrons. The molecular formula is C18H13N5O3S. The third kappa shape index (κ3) is 3.32. The average Bonchev–Trinajstić information content (AvgIpc) is 3.16. The van der Waals surface area contributed by atoms with Crippen molar-refractivity contribution < 1.29 is 4.92 Å². The highest BCUT2D eigenvalue weighted by molar-refractivity contribution is 7.98. The Balaban J connectivity index is 1.76. The van der Waals surface area contributed by atoms with Gasteiger partial charge in [-0.1, -0.05) is 42.1 Å². The summed E-state index contributed by atoms with van der Waals surface area (Å²) in [5, 5.41) is 18.5. The minimum atomic E-state index is -0.428. The Hall–Kier alpha value is -3.46. The molecule has 2 heterocycles. The first-order valence-corrected chi connectivity index (χ1v) is 9.00. The highest BCUT2D eigenvalue weighted by Crippen LogP contribution is 2.25. The molecule has 0 spiro atoms. The van der Waals surface area contributed by atoms with Crippen molar-refractivity contribution >= 4 is 28.5 Å². The highest BCUT2D eigenvalue weighted by Gasteiger charge is 2.15. The average molecular weight is 379 g/mol. The third-order valence-electron chi connectivity index (χ3n) is 3.96. The van der Waals surface area contributed by atoms with Crippen molar-refractivity contribution in [1.82, 2.24) is 19.7 Å². The van der Waals surface area contributed by atoms with Crippen LogP contribution < -0.4 is 5.56 Å². The molecule has 0 unspecified atom stereocenters. The fourth-order valence-corrected chi connectivity index (χ4v) is 3.63. The zero-order valence-electron chi connectivity index (χ0n) is 13.9. The lowest BCUT2D eigenvalue weighted by molar-refractivity contribution is -0.384. The Morgan fingerprint density at radius 1 is 1.15 bits per heavy atom. The molecular weight excluding hydrogens is 366 g/mol. The van der Waals surface area contributed by atoms with Gasteiger partial charge in [0.25, 0.3) is 11.2 Å². The molecule has 2 aromatic carbocycles. The van der Waals surface area contributed by atoms with E-state index in [0.29, 0.717) is 27.6 Å². The monoisotopic (exact) mass is 379 g/mol. The van der Waals surface area contributed by atoms with E-state index < -0.39 is 4.92 Å². The van der Waals surface area contributed by atoms with Gasteiger partial charge < -0.3 is 0 Å². The van der Waals surface area contributed by atoms with Crippen molar-refractivity contribution in [2.24, 2.45) is 0 Å². The SMILES string of the molecule is O=c1c2cn[nH]c2nc(SCc2cccc([N+](=O)[O-])c2)n1-c1ccccc1. The highest BCUT2D eigenvalue weighted by atomic mass is 32.2. The number of H-pyrrole nitrogens is 1. The molecule has 0 aliphatic carbocycles. The molecule has 4 aromatic rings. The molecule has 0 atom stereocenters. The largest absolute Gasteiger partial charge is 0.269 e. The summed E-state index contributed by atoms with van der Waals surface area (Å²) in [6.07, 6.45) is 1.46. The standard InChI is InChI=1S/C18H13N5O3S/c24-17-15-10-19-21-16(15)20-18(22(17)13-6-2-1-3-7-13)27-11-12-5-4-8-14(9-12)23(25)26/h1-10H,11H2,(H,19,21). The number of aromatic amines is 1. The second kappa shape index (κ2) is 7.04. The van der Waals surface area contributed by atoms with Crippen LogP contribution >= 0.6 is 11.8 Å². The van der Waals surface area contributed by atoms with Crippen molar-refractivity contribution in [3.63, 3.8) is 0 Å². The van der Waals surface area contributed by atoms with E-state index in [4.69, 9.17) is 0 Å². The van der Waals surface area contributed by atoms with Crippen LogP contribution in [0.15, 0.2) is 70.7 Å². The maximum atomic E-state index is 12.9. The lowest BCUT2D eigenvalue weighted by atomic mass is 10.2. The van der Waals surface area contributed by atoms with Crippen LogP contribution in [0.1, 0.15) is 5.56 Å². The van der Waals surface area contributed by atoms with E-state index in [1.54, 1.807) is 12.1 Å². The van der Waals surface area contributed by atoms with Crippen molar-refractivity contribution in [2.45, 2.75) is 10.9 Å². The van der Waals surface area contributed by atoms with Crippen LogP contribution in [0, 0.1) is 10.1 Å². The first kappa shape index (κ1) is 17.0. The minimum Gasteiger partial charge on any atom is -0.268 e. The van der Waals surface area contributed by atoms with Gasteiger partial charge in [-0.3, -0.25) is 24.6 Å². The quantitative estimate of drug-likeness (QED) is 0.247.